The number of aromatic nitrogens is 2. The molecular weight excluding hydrogens is 299 g/mol. The molecule has 2 rings (SSSR count). The van der Waals surface area contributed by atoms with Gasteiger partial charge in [0.05, 0.1) is 6.61 Å². The average molecular weight is 313 g/mol. The van der Waals surface area contributed by atoms with Crippen LogP contribution in [0.15, 0.2) is 24.3 Å². The van der Waals surface area contributed by atoms with E-state index in [0.29, 0.717) is 40.5 Å². The van der Waals surface area contributed by atoms with Gasteiger partial charge in [0.1, 0.15) is 17.5 Å². The lowest BCUT2D eigenvalue weighted by Gasteiger charge is -2.09. The van der Waals surface area contributed by atoms with E-state index in [1.807, 2.05) is 0 Å². The lowest BCUT2D eigenvalue weighted by molar-refractivity contribution is 0.200. The van der Waals surface area contributed by atoms with Crippen molar-refractivity contribution in [2.45, 2.75) is 6.42 Å². The summed E-state index contributed by atoms with van der Waals surface area (Å²) in [6.07, 6.45) is 0.590. The number of methoxy groups -OCH3 is 1. The van der Waals surface area contributed by atoms with E-state index in [1.165, 1.54) is 0 Å². The van der Waals surface area contributed by atoms with Crippen LogP contribution in [0.25, 0.3) is 0 Å². The van der Waals surface area contributed by atoms with Crippen molar-refractivity contribution in [1.82, 2.24) is 9.97 Å². The predicted octanol–water partition coefficient (Wildman–Crippen LogP) is 3.30. The van der Waals surface area contributed by atoms with E-state index in [-0.39, 0.29) is 0 Å². The van der Waals surface area contributed by atoms with Crippen LogP contribution in [-0.2, 0) is 11.2 Å². The second-order valence-corrected chi connectivity index (χ2v) is 4.99. The second-order valence-electron chi connectivity index (χ2n) is 4.12. The van der Waals surface area contributed by atoms with Crippen LogP contribution in [0.5, 0.6) is 0 Å². The number of benzene rings is 1. The molecular formula is C13H14Cl2N4O. The Labute approximate surface area is 127 Å². The molecule has 106 valence electrons. The van der Waals surface area contributed by atoms with Crippen molar-refractivity contribution in [2.24, 2.45) is 0 Å². The molecule has 0 bridgehead atoms. The lowest BCUT2D eigenvalue weighted by atomic mass is 10.3. The number of nitrogens with two attached hydrogens (primary N) is 1. The van der Waals surface area contributed by atoms with Gasteiger partial charge < -0.3 is 15.8 Å². The third-order valence-electron chi connectivity index (χ3n) is 2.46. The van der Waals surface area contributed by atoms with Gasteiger partial charge in [0.25, 0.3) is 0 Å². The number of nitrogen functional groups attached to an aromatic ring is 1. The summed E-state index contributed by atoms with van der Waals surface area (Å²) in [4.78, 5) is 8.50. The number of hydrogen-bond acceptors (Lipinski definition) is 5. The fourth-order valence-electron chi connectivity index (χ4n) is 1.66. The minimum Gasteiger partial charge on any atom is -0.384 e. The zero-order valence-electron chi connectivity index (χ0n) is 10.9. The maximum atomic E-state index is 5.95. The lowest BCUT2D eigenvalue weighted by Crippen LogP contribution is -2.06. The van der Waals surface area contributed by atoms with Crippen molar-refractivity contribution < 1.29 is 4.74 Å². The van der Waals surface area contributed by atoms with Crippen molar-refractivity contribution in [3.63, 3.8) is 0 Å². The molecule has 3 N–H and O–H groups in total. The number of rotatable bonds is 5. The largest absolute Gasteiger partial charge is 0.384 e. The zero-order chi connectivity index (χ0) is 14.5. The van der Waals surface area contributed by atoms with Crippen molar-refractivity contribution in [3.8, 4) is 0 Å². The molecule has 0 saturated carbocycles. The highest BCUT2D eigenvalue weighted by atomic mass is 35.5. The summed E-state index contributed by atoms with van der Waals surface area (Å²) < 4.78 is 5.00. The molecule has 0 fully saturated rings. The van der Waals surface area contributed by atoms with Crippen LogP contribution in [0.1, 0.15) is 5.82 Å². The van der Waals surface area contributed by atoms with Gasteiger partial charge in [-0.15, -0.1) is 0 Å². The standard InChI is InChI=1S/C13H14Cl2N4O/c1-20-3-2-12-18-11(16)7-13(19-12)17-10-5-8(14)4-9(15)6-10/h4-7H,2-3H2,1H3,(H3,16,17,18,19). The Bertz CT molecular complexity index is 587. The predicted molar refractivity (Wildman–Crippen MR) is 81.8 cm³/mol. The van der Waals surface area contributed by atoms with E-state index >= 15 is 0 Å². The number of ether oxygens (including phenoxy) is 1. The summed E-state index contributed by atoms with van der Waals surface area (Å²) in [5.74, 6) is 1.59. The zero-order valence-corrected chi connectivity index (χ0v) is 12.4. The molecule has 0 amide bonds. The van der Waals surface area contributed by atoms with Crippen LogP contribution in [0.2, 0.25) is 10.0 Å². The highest BCUT2D eigenvalue weighted by Crippen LogP contribution is 2.25. The van der Waals surface area contributed by atoms with E-state index < -0.39 is 0 Å². The summed E-state index contributed by atoms with van der Waals surface area (Å²) in [6, 6.07) is 6.80. The number of nitrogens with one attached hydrogen (secondary N) is 1. The van der Waals surface area contributed by atoms with Crippen molar-refractivity contribution in [1.29, 1.82) is 0 Å². The van der Waals surface area contributed by atoms with Crippen LogP contribution >= 0.6 is 23.2 Å². The fourth-order valence-corrected chi connectivity index (χ4v) is 2.19. The molecule has 1 heterocycles. The topological polar surface area (TPSA) is 73.1 Å². The molecule has 0 spiro atoms. The van der Waals surface area contributed by atoms with Crippen molar-refractivity contribution >= 4 is 40.5 Å². The molecule has 0 aliphatic heterocycles. The van der Waals surface area contributed by atoms with Crippen molar-refractivity contribution in [3.05, 3.63) is 40.1 Å². The number of halogens is 2. The summed E-state index contributed by atoms with van der Waals surface area (Å²) in [7, 11) is 1.62. The highest BCUT2D eigenvalue weighted by molar-refractivity contribution is 6.35. The third kappa shape index (κ3) is 4.23. The van der Waals surface area contributed by atoms with Gasteiger partial charge in [-0.3, -0.25) is 0 Å². The molecule has 0 radical (unpaired) electrons. The van der Waals surface area contributed by atoms with E-state index in [0.717, 1.165) is 5.69 Å². The molecule has 20 heavy (non-hydrogen) atoms. The molecule has 1 aromatic carbocycles. The van der Waals surface area contributed by atoms with Gasteiger partial charge in [-0.2, -0.15) is 0 Å². The van der Waals surface area contributed by atoms with E-state index in [2.05, 4.69) is 15.3 Å². The Balaban J connectivity index is 2.21. The molecule has 0 aliphatic rings. The fraction of sp³-hybridized carbons (Fsp3) is 0.231. The Morgan fingerprint density at radius 1 is 1.15 bits per heavy atom. The molecule has 2 aromatic rings. The Hall–Kier alpha value is -1.56. The maximum Gasteiger partial charge on any atom is 0.136 e. The second kappa shape index (κ2) is 6.74. The van der Waals surface area contributed by atoms with Crippen LogP contribution in [0.3, 0.4) is 0 Å². The minimum atomic E-state index is 0.390. The Kier molecular flexibility index (Phi) is 5.00. The Morgan fingerprint density at radius 2 is 1.85 bits per heavy atom. The number of hydrogen-bond donors (Lipinski definition) is 2. The molecule has 0 atom stereocenters. The van der Waals surface area contributed by atoms with Gasteiger partial charge in [0, 0.05) is 35.3 Å². The summed E-state index contributed by atoms with van der Waals surface area (Å²) in [5.41, 5.74) is 6.50. The number of anilines is 3. The van der Waals surface area contributed by atoms with Crippen LogP contribution in [0.4, 0.5) is 17.3 Å². The van der Waals surface area contributed by atoms with Gasteiger partial charge in [0.15, 0.2) is 0 Å². The van der Waals surface area contributed by atoms with Crippen LogP contribution in [0, 0.1) is 0 Å². The van der Waals surface area contributed by atoms with Gasteiger partial charge in [-0.1, -0.05) is 23.2 Å². The van der Waals surface area contributed by atoms with Crippen molar-refractivity contribution in [2.75, 3.05) is 24.8 Å². The molecule has 5 nitrogen and oxygen atoms in total. The first-order chi connectivity index (χ1) is 9.56. The van der Waals surface area contributed by atoms with E-state index in [9.17, 15) is 0 Å². The van der Waals surface area contributed by atoms with Gasteiger partial charge in [-0.25, -0.2) is 9.97 Å². The first kappa shape index (κ1) is 14.8. The summed E-state index contributed by atoms with van der Waals surface area (Å²) >= 11 is 11.9. The van der Waals surface area contributed by atoms with Crippen LogP contribution < -0.4 is 11.1 Å². The molecule has 0 unspecified atom stereocenters. The first-order valence-corrected chi connectivity index (χ1v) is 6.68. The summed E-state index contributed by atoms with van der Waals surface area (Å²) in [5, 5.41) is 4.19. The molecule has 0 saturated heterocycles. The SMILES string of the molecule is COCCc1nc(N)cc(Nc2cc(Cl)cc(Cl)c2)n1. The van der Waals surface area contributed by atoms with E-state index in [4.69, 9.17) is 33.7 Å². The monoisotopic (exact) mass is 312 g/mol. The van der Waals surface area contributed by atoms with E-state index in [1.54, 1.807) is 31.4 Å². The molecule has 7 heteroatoms. The van der Waals surface area contributed by atoms with Gasteiger partial charge >= 0.3 is 0 Å². The first-order valence-electron chi connectivity index (χ1n) is 5.92. The number of nitrogens with zero attached hydrogens (tertiary/aromatic N) is 2. The minimum absolute atomic E-state index is 0.390. The highest BCUT2D eigenvalue weighted by Gasteiger charge is 2.05. The normalized spacial score (nSPS) is 10.6. The third-order valence-corrected chi connectivity index (χ3v) is 2.89. The smallest absolute Gasteiger partial charge is 0.136 e. The Morgan fingerprint density at radius 3 is 2.50 bits per heavy atom. The quantitative estimate of drug-likeness (QED) is 0.886. The molecule has 1 aromatic heterocycles. The van der Waals surface area contributed by atoms with Crippen LogP contribution in [-0.4, -0.2) is 23.7 Å². The average Bonchev–Trinajstić information content (AvgIpc) is 2.34. The van der Waals surface area contributed by atoms with Gasteiger partial charge in [-0.05, 0) is 18.2 Å². The summed E-state index contributed by atoms with van der Waals surface area (Å²) in [6.45, 7) is 0.534. The molecule has 0 aliphatic carbocycles. The van der Waals surface area contributed by atoms with Gasteiger partial charge in [0.2, 0.25) is 0 Å². The maximum absolute atomic E-state index is 5.95.